The number of rotatable bonds is 4. The Labute approximate surface area is 115 Å². The van der Waals surface area contributed by atoms with Gasteiger partial charge < -0.3 is 11.1 Å². The Hall–Kier alpha value is -1.51. The number of aryl methyl sites for hydroxylation is 1. The van der Waals surface area contributed by atoms with Crippen LogP contribution in [0.1, 0.15) is 44.6 Å². The summed E-state index contributed by atoms with van der Waals surface area (Å²) in [6.45, 7) is 2.24. The van der Waals surface area contributed by atoms with Crippen LogP contribution in [0.5, 0.6) is 0 Å². The molecule has 2 rings (SSSR count). The van der Waals surface area contributed by atoms with E-state index in [0.29, 0.717) is 18.4 Å². The van der Waals surface area contributed by atoms with Crippen molar-refractivity contribution in [2.75, 3.05) is 5.73 Å². The zero-order chi connectivity index (χ0) is 13.7. The summed E-state index contributed by atoms with van der Waals surface area (Å²) in [7, 11) is 0. The maximum absolute atomic E-state index is 12.0. The van der Waals surface area contributed by atoms with Gasteiger partial charge in [-0.05, 0) is 42.9 Å². The van der Waals surface area contributed by atoms with Gasteiger partial charge in [0.1, 0.15) is 0 Å². The minimum atomic E-state index is 0.176. The molecule has 1 aliphatic rings. The molecular formula is C16H24N2O. The molecule has 0 aromatic heterocycles. The van der Waals surface area contributed by atoms with E-state index in [9.17, 15) is 4.79 Å². The molecule has 2 atom stereocenters. The molecule has 104 valence electrons. The van der Waals surface area contributed by atoms with Crippen molar-refractivity contribution < 1.29 is 4.79 Å². The maximum Gasteiger partial charge on any atom is 0.220 e. The minimum absolute atomic E-state index is 0.176. The topological polar surface area (TPSA) is 55.1 Å². The molecule has 1 saturated carbocycles. The van der Waals surface area contributed by atoms with Gasteiger partial charge >= 0.3 is 0 Å². The average Bonchev–Trinajstić information content (AvgIpc) is 2.41. The molecule has 0 heterocycles. The highest BCUT2D eigenvalue weighted by atomic mass is 16.1. The van der Waals surface area contributed by atoms with Gasteiger partial charge in [-0.25, -0.2) is 0 Å². The molecule has 0 saturated heterocycles. The number of carbonyl (C=O) groups is 1. The molecule has 1 fully saturated rings. The summed E-state index contributed by atoms with van der Waals surface area (Å²) in [6, 6.07) is 8.14. The number of hydrogen-bond donors (Lipinski definition) is 2. The first kappa shape index (κ1) is 13.9. The summed E-state index contributed by atoms with van der Waals surface area (Å²) in [6.07, 6.45) is 6.27. The lowest BCUT2D eigenvalue weighted by Crippen LogP contribution is -2.41. The van der Waals surface area contributed by atoms with Gasteiger partial charge in [-0.2, -0.15) is 0 Å². The van der Waals surface area contributed by atoms with E-state index in [0.717, 1.165) is 18.5 Å². The Morgan fingerprint density at radius 1 is 1.26 bits per heavy atom. The van der Waals surface area contributed by atoms with E-state index in [2.05, 4.69) is 12.2 Å². The SMILES string of the molecule is CC1CCCCC1NC(=O)CCc1ccc(N)cc1. The zero-order valence-corrected chi connectivity index (χ0v) is 11.7. The van der Waals surface area contributed by atoms with E-state index in [1.165, 1.54) is 24.8 Å². The Morgan fingerprint density at radius 2 is 1.95 bits per heavy atom. The van der Waals surface area contributed by atoms with Gasteiger partial charge in [0.2, 0.25) is 5.91 Å². The summed E-state index contributed by atoms with van der Waals surface area (Å²) in [5, 5.41) is 3.19. The molecule has 0 radical (unpaired) electrons. The van der Waals surface area contributed by atoms with Crippen LogP contribution in [0, 0.1) is 5.92 Å². The fourth-order valence-corrected chi connectivity index (χ4v) is 2.75. The molecule has 19 heavy (non-hydrogen) atoms. The van der Waals surface area contributed by atoms with Crippen LogP contribution in [0.15, 0.2) is 24.3 Å². The van der Waals surface area contributed by atoms with E-state index >= 15 is 0 Å². The Kier molecular flexibility index (Phi) is 4.83. The second-order valence-corrected chi connectivity index (χ2v) is 5.68. The highest BCUT2D eigenvalue weighted by Crippen LogP contribution is 2.23. The zero-order valence-electron chi connectivity index (χ0n) is 11.7. The van der Waals surface area contributed by atoms with Crippen molar-refractivity contribution in [3.8, 4) is 0 Å². The van der Waals surface area contributed by atoms with Crippen molar-refractivity contribution in [2.24, 2.45) is 5.92 Å². The van der Waals surface area contributed by atoms with Gasteiger partial charge in [0.25, 0.3) is 0 Å². The molecule has 2 unspecified atom stereocenters. The molecule has 0 aliphatic heterocycles. The highest BCUT2D eigenvalue weighted by Gasteiger charge is 2.22. The Balaban J connectivity index is 1.76. The van der Waals surface area contributed by atoms with Gasteiger partial charge in [0, 0.05) is 18.2 Å². The second-order valence-electron chi connectivity index (χ2n) is 5.68. The van der Waals surface area contributed by atoms with Crippen LogP contribution in [0.4, 0.5) is 5.69 Å². The molecule has 1 aromatic carbocycles. The van der Waals surface area contributed by atoms with Gasteiger partial charge in [-0.15, -0.1) is 0 Å². The average molecular weight is 260 g/mol. The normalized spacial score (nSPS) is 23.0. The summed E-state index contributed by atoms with van der Waals surface area (Å²) in [5.41, 5.74) is 7.58. The van der Waals surface area contributed by atoms with Gasteiger partial charge in [0.15, 0.2) is 0 Å². The van der Waals surface area contributed by atoms with Crippen LogP contribution in [0.2, 0.25) is 0 Å². The molecule has 0 spiro atoms. The molecule has 0 bridgehead atoms. The third kappa shape index (κ3) is 4.27. The Morgan fingerprint density at radius 3 is 2.63 bits per heavy atom. The molecule has 3 N–H and O–H groups in total. The van der Waals surface area contributed by atoms with E-state index in [4.69, 9.17) is 5.73 Å². The van der Waals surface area contributed by atoms with E-state index in [1.807, 2.05) is 24.3 Å². The number of carbonyl (C=O) groups excluding carboxylic acids is 1. The van der Waals surface area contributed by atoms with E-state index < -0.39 is 0 Å². The monoisotopic (exact) mass is 260 g/mol. The predicted molar refractivity (Wildman–Crippen MR) is 78.7 cm³/mol. The van der Waals surface area contributed by atoms with Crippen molar-refractivity contribution >= 4 is 11.6 Å². The quantitative estimate of drug-likeness (QED) is 0.818. The third-order valence-electron chi connectivity index (χ3n) is 4.08. The first-order chi connectivity index (χ1) is 9.15. The van der Waals surface area contributed by atoms with Crippen molar-refractivity contribution in [3.05, 3.63) is 29.8 Å². The highest BCUT2D eigenvalue weighted by molar-refractivity contribution is 5.76. The van der Waals surface area contributed by atoms with Crippen LogP contribution < -0.4 is 11.1 Å². The summed E-state index contributed by atoms with van der Waals surface area (Å²) < 4.78 is 0. The fourth-order valence-electron chi connectivity index (χ4n) is 2.75. The van der Waals surface area contributed by atoms with Crippen LogP contribution in [-0.4, -0.2) is 11.9 Å². The van der Waals surface area contributed by atoms with Crippen LogP contribution in [-0.2, 0) is 11.2 Å². The van der Waals surface area contributed by atoms with Crippen molar-refractivity contribution in [1.82, 2.24) is 5.32 Å². The van der Waals surface area contributed by atoms with Gasteiger partial charge in [-0.3, -0.25) is 4.79 Å². The number of benzene rings is 1. The lowest BCUT2D eigenvalue weighted by Gasteiger charge is -2.29. The van der Waals surface area contributed by atoms with Crippen molar-refractivity contribution in [3.63, 3.8) is 0 Å². The summed E-state index contributed by atoms with van der Waals surface area (Å²) in [5.74, 6) is 0.796. The second kappa shape index (κ2) is 6.60. The predicted octanol–water partition coefficient (Wildman–Crippen LogP) is 2.90. The number of anilines is 1. The third-order valence-corrected chi connectivity index (χ3v) is 4.08. The van der Waals surface area contributed by atoms with Crippen LogP contribution >= 0.6 is 0 Å². The van der Waals surface area contributed by atoms with E-state index in [-0.39, 0.29) is 5.91 Å². The molecule has 1 amide bonds. The van der Waals surface area contributed by atoms with E-state index in [1.54, 1.807) is 0 Å². The number of amides is 1. The minimum Gasteiger partial charge on any atom is -0.399 e. The number of nitrogen functional groups attached to an aromatic ring is 1. The number of nitrogens with two attached hydrogens (primary N) is 1. The standard InChI is InChI=1S/C16H24N2O/c1-12-4-2-3-5-15(12)18-16(19)11-8-13-6-9-14(17)10-7-13/h6-7,9-10,12,15H,2-5,8,11,17H2,1H3,(H,18,19). The fraction of sp³-hybridized carbons (Fsp3) is 0.562. The lowest BCUT2D eigenvalue weighted by molar-refractivity contribution is -0.122. The van der Waals surface area contributed by atoms with Crippen LogP contribution in [0.25, 0.3) is 0 Å². The molecule has 3 heteroatoms. The summed E-state index contributed by atoms with van der Waals surface area (Å²) in [4.78, 5) is 12.0. The smallest absolute Gasteiger partial charge is 0.220 e. The number of nitrogens with one attached hydrogen (secondary N) is 1. The number of hydrogen-bond acceptors (Lipinski definition) is 2. The molecular weight excluding hydrogens is 236 g/mol. The van der Waals surface area contributed by atoms with Crippen molar-refractivity contribution in [2.45, 2.75) is 51.5 Å². The summed E-state index contributed by atoms with van der Waals surface area (Å²) >= 11 is 0. The lowest BCUT2D eigenvalue weighted by atomic mass is 9.86. The molecule has 1 aromatic rings. The van der Waals surface area contributed by atoms with Gasteiger partial charge in [0.05, 0.1) is 0 Å². The largest absolute Gasteiger partial charge is 0.399 e. The van der Waals surface area contributed by atoms with Gasteiger partial charge in [-0.1, -0.05) is 31.9 Å². The maximum atomic E-state index is 12.0. The van der Waals surface area contributed by atoms with Crippen LogP contribution in [0.3, 0.4) is 0 Å². The van der Waals surface area contributed by atoms with Crippen molar-refractivity contribution in [1.29, 1.82) is 0 Å². The molecule has 3 nitrogen and oxygen atoms in total. The molecule has 1 aliphatic carbocycles. The Bertz CT molecular complexity index is 413. The first-order valence-electron chi connectivity index (χ1n) is 7.29. The first-order valence-corrected chi connectivity index (χ1v) is 7.29.